The van der Waals surface area contributed by atoms with Crippen LogP contribution in [0.3, 0.4) is 0 Å². The number of aromatic carboxylic acids is 1. The second-order valence-electron chi connectivity index (χ2n) is 4.72. The second kappa shape index (κ2) is 7.09. The molecule has 0 amide bonds. The van der Waals surface area contributed by atoms with Crippen molar-refractivity contribution < 1.29 is 24.9 Å². The number of allylic oxidation sites excluding steroid dienone is 8. The van der Waals surface area contributed by atoms with Crippen LogP contribution in [0.25, 0.3) is 6.08 Å². The molecule has 0 saturated carbocycles. The normalized spacial score (nSPS) is 16.4. The maximum Gasteiger partial charge on any atom is 0.339 e. The highest BCUT2D eigenvalue weighted by atomic mass is 16.4. The molecule has 1 aromatic carbocycles. The Morgan fingerprint density at radius 2 is 1.83 bits per heavy atom. The number of rotatable bonds is 4. The number of carbonyl (C=O) groups excluding carboxylic acids is 1. The van der Waals surface area contributed by atoms with Crippen LogP contribution in [0.1, 0.15) is 15.9 Å². The third-order valence-corrected chi connectivity index (χ3v) is 3.03. The van der Waals surface area contributed by atoms with Gasteiger partial charge in [-0.2, -0.15) is 0 Å². The fraction of sp³-hybridized carbons (Fsp3) is 0. The Hall–Kier alpha value is -3.34. The molecule has 0 heterocycles. The van der Waals surface area contributed by atoms with Crippen LogP contribution in [-0.2, 0) is 4.79 Å². The summed E-state index contributed by atoms with van der Waals surface area (Å²) >= 11 is 0. The molecule has 2 rings (SSSR count). The van der Waals surface area contributed by atoms with E-state index in [1.54, 1.807) is 42.5 Å². The number of benzene rings is 1. The lowest BCUT2D eigenvalue weighted by Gasteiger charge is -2.01. The smallest absolute Gasteiger partial charge is 0.339 e. The van der Waals surface area contributed by atoms with Gasteiger partial charge in [-0.25, -0.2) is 4.79 Å². The minimum Gasteiger partial charge on any atom is -0.507 e. The van der Waals surface area contributed by atoms with Crippen LogP contribution >= 0.6 is 0 Å². The summed E-state index contributed by atoms with van der Waals surface area (Å²) in [6.07, 6.45) is 12.8. The molecule has 0 unspecified atom stereocenters. The van der Waals surface area contributed by atoms with Gasteiger partial charge in [-0.15, -0.1) is 0 Å². The second-order valence-corrected chi connectivity index (χ2v) is 4.72. The molecule has 3 N–H and O–H groups in total. The molecule has 5 nitrogen and oxygen atoms in total. The number of carboxylic acid groups (broad SMARTS) is 1. The van der Waals surface area contributed by atoms with Crippen LogP contribution in [0.5, 0.6) is 5.75 Å². The van der Waals surface area contributed by atoms with E-state index in [4.69, 9.17) is 5.11 Å². The van der Waals surface area contributed by atoms with Gasteiger partial charge in [0.1, 0.15) is 11.3 Å². The van der Waals surface area contributed by atoms with Crippen molar-refractivity contribution in [1.29, 1.82) is 0 Å². The Balaban J connectivity index is 2.05. The molecule has 5 heteroatoms. The zero-order chi connectivity index (χ0) is 16.8. The molecule has 1 aliphatic rings. The first-order chi connectivity index (χ1) is 11.0. The van der Waals surface area contributed by atoms with Crippen LogP contribution in [0, 0.1) is 0 Å². The molecular formula is C18H14O5. The minimum atomic E-state index is -1.19. The van der Waals surface area contributed by atoms with E-state index in [1.165, 1.54) is 24.3 Å². The Kier molecular flexibility index (Phi) is 4.94. The van der Waals surface area contributed by atoms with E-state index in [0.717, 1.165) is 0 Å². The van der Waals surface area contributed by atoms with Gasteiger partial charge in [-0.1, -0.05) is 42.5 Å². The molecule has 0 aromatic heterocycles. The summed E-state index contributed by atoms with van der Waals surface area (Å²) in [5, 5.41) is 27.6. The Bertz CT molecular complexity index is 792. The van der Waals surface area contributed by atoms with Gasteiger partial charge in [0.15, 0.2) is 5.76 Å². The fourth-order valence-electron chi connectivity index (χ4n) is 1.86. The first-order valence-corrected chi connectivity index (χ1v) is 6.72. The van der Waals surface area contributed by atoms with E-state index in [9.17, 15) is 19.8 Å². The van der Waals surface area contributed by atoms with E-state index >= 15 is 0 Å². The van der Waals surface area contributed by atoms with Crippen molar-refractivity contribution >= 4 is 17.8 Å². The number of carboxylic acids is 1. The van der Waals surface area contributed by atoms with Crippen molar-refractivity contribution in [3.05, 3.63) is 83.2 Å². The molecule has 0 bridgehead atoms. The molecule has 116 valence electrons. The largest absolute Gasteiger partial charge is 0.507 e. The molecule has 0 atom stereocenters. The van der Waals surface area contributed by atoms with Crippen LogP contribution in [0.4, 0.5) is 0 Å². The molecule has 23 heavy (non-hydrogen) atoms. The molecule has 1 aromatic rings. The van der Waals surface area contributed by atoms with Gasteiger partial charge in [0, 0.05) is 0 Å². The summed E-state index contributed by atoms with van der Waals surface area (Å²) in [6, 6.07) is 4.30. The van der Waals surface area contributed by atoms with Crippen molar-refractivity contribution in [1.82, 2.24) is 0 Å². The van der Waals surface area contributed by atoms with Crippen LogP contribution in [0.2, 0.25) is 0 Å². The van der Waals surface area contributed by atoms with Gasteiger partial charge < -0.3 is 15.3 Å². The Morgan fingerprint density at radius 1 is 1.04 bits per heavy atom. The van der Waals surface area contributed by atoms with E-state index in [0.29, 0.717) is 11.1 Å². The van der Waals surface area contributed by atoms with Gasteiger partial charge in [-0.05, 0) is 35.4 Å². The first kappa shape index (κ1) is 16.0. The van der Waals surface area contributed by atoms with Crippen molar-refractivity contribution in [2.75, 3.05) is 0 Å². The van der Waals surface area contributed by atoms with E-state index in [1.807, 2.05) is 0 Å². The minimum absolute atomic E-state index is 0.157. The van der Waals surface area contributed by atoms with Crippen LogP contribution < -0.4 is 0 Å². The number of carbonyl (C=O) groups is 2. The zero-order valence-corrected chi connectivity index (χ0v) is 12.0. The average Bonchev–Trinajstić information content (AvgIpc) is 2.51. The predicted molar refractivity (Wildman–Crippen MR) is 86.2 cm³/mol. The predicted octanol–water partition coefficient (Wildman–Crippen LogP) is 3.17. The van der Waals surface area contributed by atoms with Gasteiger partial charge >= 0.3 is 5.97 Å². The quantitative estimate of drug-likeness (QED) is 0.742. The van der Waals surface area contributed by atoms with Crippen molar-refractivity contribution in [2.45, 2.75) is 0 Å². The number of phenols is 1. The number of aliphatic hydroxyl groups excluding tert-OH is 1. The molecule has 0 spiro atoms. The average molecular weight is 310 g/mol. The summed E-state index contributed by atoms with van der Waals surface area (Å²) < 4.78 is 0. The van der Waals surface area contributed by atoms with E-state index in [2.05, 4.69) is 0 Å². The highest BCUT2D eigenvalue weighted by Crippen LogP contribution is 2.19. The lowest BCUT2D eigenvalue weighted by Crippen LogP contribution is -2.01. The standard InChI is InChI=1S/C18H14O5/c19-15-8-6-12(10-14(15)18(22)23)4-2-1-3-5-13-7-9-16(20)17(21)11-13/h1-11,19,21H,(H,22,23). The van der Waals surface area contributed by atoms with Crippen LogP contribution in [0.15, 0.2) is 72.1 Å². The summed E-state index contributed by atoms with van der Waals surface area (Å²) in [5.41, 5.74) is 1.17. The van der Waals surface area contributed by atoms with Crippen molar-refractivity contribution in [2.24, 2.45) is 0 Å². The lowest BCUT2D eigenvalue weighted by atomic mass is 10.1. The summed E-state index contributed by atoms with van der Waals surface area (Å²) in [5.74, 6) is -2.19. The number of hydrogen-bond acceptors (Lipinski definition) is 4. The number of aromatic hydroxyl groups is 1. The van der Waals surface area contributed by atoms with E-state index < -0.39 is 11.8 Å². The topological polar surface area (TPSA) is 94.8 Å². The van der Waals surface area contributed by atoms with Gasteiger partial charge in [0.2, 0.25) is 5.78 Å². The third-order valence-electron chi connectivity index (χ3n) is 3.03. The molecule has 0 aliphatic heterocycles. The molecular weight excluding hydrogens is 296 g/mol. The third kappa shape index (κ3) is 4.31. The van der Waals surface area contributed by atoms with Gasteiger partial charge in [-0.3, -0.25) is 4.79 Å². The molecule has 1 aliphatic carbocycles. The first-order valence-electron chi connectivity index (χ1n) is 6.72. The maximum atomic E-state index is 11.1. The number of ketones is 1. The Labute approximate surface area is 132 Å². The SMILES string of the molecule is O=C1C=CC(=CC=CC=Cc2ccc(O)c(C(=O)O)c2)C=C1O. The van der Waals surface area contributed by atoms with Crippen molar-refractivity contribution in [3.8, 4) is 5.75 Å². The number of aliphatic hydroxyl groups is 1. The highest BCUT2D eigenvalue weighted by Gasteiger charge is 2.09. The molecule has 0 radical (unpaired) electrons. The van der Waals surface area contributed by atoms with Gasteiger partial charge in [0.05, 0.1) is 0 Å². The highest BCUT2D eigenvalue weighted by molar-refractivity contribution is 6.04. The summed E-state index contributed by atoms with van der Waals surface area (Å²) in [7, 11) is 0. The molecule has 0 fully saturated rings. The summed E-state index contributed by atoms with van der Waals surface area (Å²) in [6.45, 7) is 0. The number of hydrogen-bond donors (Lipinski definition) is 3. The van der Waals surface area contributed by atoms with E-state index in [-0.39, 0.29) is 17.1 Å². The van der Waals surface area contributed by atoms with Crippen LogP contribution in [-0.4, -0.2) is 27.1 Å². The lowest BCUT2D eigenvalue weighted by molar-refractivity contribution is -0.113. The van der Waals surface area contributed by atoms with Gasteiger partial charge in [0.25, 0.3) is 0 Å². The monoisotopic (exact) mass is 310 g/mol. The summed E-state index contributed by atoms with van der Waals surface area (Å²) in [4.78, 5) is 22.0. The van der Waals surface area contributed by atoms with Crippen molar-refractivity contribution in [3.63, 3.8) is 0 Å². The Morgan fingerprint density at radius 3 is 2.52 bits per heavy atom. The molecule has 0 saturated heterocycles. The maximum absolute atomic E-state index is 11.1. The zero-order valence-electron chi connectivity index (χ0n) is 12.0. The fourth-order valence-corrected chi connectivity index (χ4v) is 1.86.